The molecule has 0 aromatic heterocycles. The summed E-state index contributed by atoms with van der Waals surface area (Å²) in [7, 11) is -3.44. The molecule has 1 aromatic rings. The van der Waals surface area contributed by atoms with Crippen LogP contribution in [0.1, 0.15) is 18.9 Å². The summed E-state index contributed by atoms with van der Waals surface area (Å²) in [6, 6.07) is 6.62. The number of benzene rings is 1. The predicted molar refractivity (Wildman–Crippen MR) is 84.7 cm³/mol. The first kappa shape index (κ1) is 16.0. The number of nitriles is 1. The van der Waals surface area contributed by atoms with E-state index >= 15 is 0 Å². The highest BCUT2D eigenvalue weighted by Gasteiger charge is 2.21. The molecule has 2 N–H and O–H groups in total. The first-order chi connectivity index (χ1) is 10.4. The first-order valence-corrected chi connectivity index (χ1v) is 8.60. The van der Waals surface area contributed by atoms with Gasteiger partial charge in [0, 0.05) is 5.70 Å². The molecule has 1 aliphatic heterocycles. The summed E-state index contributed by atoms with van der Waals surface area (Å²) in [6.45, 7) is 3.86. The molecular formula is C15H18N4O2S. The minimum atomic E-state index is -3.44. The van der Waals surface area contributed by atoms with Crippen molar-refractivity contribution in [3.8, 4) is 6.19 Å². The number of aliphatic imine (C=N–C) groups is 1. The zero-order valence-corrected chi connectivity index (χ0v) is 13.3. The van der Waals surface area contributed by atoms with Crippen LogP contribution in [0.4, 0.5) is 0 Å². The SMILES string of the molecule is CCC1C=C(CS(=O)(=O)c2ccc(C)cc2)NC(NC#N)=N1. The van der Waals surface area contributed by atoms with Gasteiger partial charge in [0.15, 0.2) is 16.0 Å². The molecule has 0 spiro atoms. The lowest BCUT2D eigenvalue weighted by atomic mass is 10.2. The van der Waals surface area contributed by atoms with Gasteiger partial charge in [-0.3, -0.25) is 5.32 Å². The summed E-state index contributed by atoms with van der Waals surface area (Å²) in [4.78, 5) is 4.54. The molecule has 0 bridgehead atoms. The number of aryl methyl sites for hydroxylation is 1. The van der Waals surface area contributed by atoms with Crippen LogP contribution in [0.2, 0.25) is 0 Å². The Balaban J connectivity index is 2.20. The summed E-state index contributed by atoms with van der Waals surface area (Å²) in [5.74, 6) is 0.129. The van der Waals surface area contributed by atoms with E-state index < -0.39 is 9.84 Å². The topological polar surface area (TPSA) is 94.4 Å². The van der Waals surface area contributed by atoms with Gasteiger partial charge >= 0.3 is 0 Å². The summed E-state index contributed by atoms with van der Waals surface area (Å²) in [6.07, 6.45) is 4.30. The maximum absolute atomic E-state index is 12.5. The first-order valence-electron chi connectivity index (χ1n) is 6.94. The number of nitrogens with zero attached hydrogens (tertiary/aromatic N) is 2. The highest BCUT2D eigenvalue weighted by atomic mass is 32.2. The maximum Gasteiger partial charge on any atom is 0.209 e. The Morgan fingerprint density at radius 1 is 1.36 bits per heavy atom. The van der Waals surface area contributed by atoms with Crippen molar-refractivity contribution in [1.82, 2.24) is 10.6 Å². The van der Waals surface area contributed by atoms with Crippen LogP contribution in [0.15, 0.2) is 45.9 Å². The van der Waals surface area contributed by atoms with Gasteiger partial charge in [0.05, 0.1) is 16.7 Å². The van der Waals surface area contributed by atoms with Crippen molar-refractivity contribution in [1.29, 1.82) is 5.26 Å². The average Bonchev–Trinajstić information content (AvgIpc) is 2.47. The lowest BCUT2D eigenvalue weighted by molar-refractivity contribution is 0.597. The summed E-state index contributed by atoms with van der Waals surface area (Å²) < 4.78 is 24.9. The number of hydrogen-bond donors (Lipinski definition) is 2. The van der Waals surface area contributed by atoms with Gasteiger partial charge in [0.2, 0.25) is 5.96 Å². The van der Waals surface area contributed by atoms with Gasteiger partial charge in [-0.15, -0.1) is 0 Å². The molecule has 22 heavy (non-hydrogen) atoms. The molecule has 0 saturated carbocycles. The molecule has 1 atom stereocenters. The third kappa shape index (κ3) is 3.86. The smallest absolute Gasteiger partial charge is 0.209 e. The van der Waals surface area contributed by atoms with Crippen LogP contribution in [0.3, 0.4) is 0 Å². The van der Waals surface area contributed by atoms with Crippen molar-refractivity contribution in [2.75, 3.05) is 5.75 Å². The van der Waals surface area contributed by atoms with Gasteiger partial charge in [-0.05, 0) is 31.6 Å². The van der Waals surface area contributed by atoms with Crippen LogP contribution in [-0.2, 0) is 9.84 Å². The van der Waals surface area contributed by atoms with E-state index in [9.17, 15) is 8.42 Å². The average molecular weight is 318 g/mol. The Morgan fingerprint density at radius 2 is 2.05 bits per heavy atom. The van der Waals surface area contributed by atoms with Crippen LogP contribution in [0.5, 0.6) is 0 Å². The minimum Gasteiger partial charge on any atom is -0.328 e. The number of sulfone groups is 1. The van der Waals surface area contributed by atoms with Crippen molar-refractivity contribution in [3.63, 3.8) is 0 Å². The Morgan fingerprint density at radius 3 is 2.64 bits per heavy atom. The normalized spacial score (nSPS) is 17.8. The fourth-order valence-electron chi connectivity index (χ4n) is 2.10. The molecule has 116 valence electrons. The van der Waals surface area contributed by atoms with Crippen LogP contribution in [-0.4, -0.2) is 26.2 Å². The van der Waals surface area contributed by atoms with Gasteiger partial charge in [-0.25, -0.2) is 13.4 Å². The van der Waals surface area contributed by atoms with Gasteiger partial charge in [-0.1, -0.05) is 24.6 Å². The third-order valence-corrected chi connectivity index (χ3v) is 4.97. The van der Waals surface area contributed by atoms with E-state index in [0.717, 1.165) is 12.0 Å². The zero-order chi connectivity index (χ0) is 16.2. The summed E-state index contributed by atoms with van der Waals surface area (Å²) in [5.41, 5.74) is 1.54. The molecule has 0 aliphatic carbocycles. The molecule has 0 fully saturated rings. The van der Waals surface area contributed by atoms with Crippen LogP contribution in [0, 0.1) is 18.4 Å². The van der Waals surface area contributed by atoms with Crippen molar-refractivity contribution >= 4 is 15.8 Å². The molecule has 1 aromatic carbocycles. The molecule has 0 saturated heterocycles. The minimum absolute atomic E-state index is 0.139. The second kappa shape index (κ2) is 6.62. The molecule has 0 radical (unpaired) electrons. The molecule has 2 rings (SSSR count). The molecule has 1 heterocycles. The Kier molecular flexibility index (Phi) is 4.83. The van der Waals surface area contributed by atoms with Crippen LogP contribution < -0.4 is 10.6 Å². The van der Waals surface area contributed by atoms with E-state index in [1.54, 1.807) is 36.5 Å². The van der Waals surface area contributed by atoms with Crippen molar-refractivity contribution in [3.05, 3.63) is 41.6 Å². The highest BCUT2D eigenvalue weighted by molar-refractivity contribution is 7.91. The van der Waals surface area contributed by atoms with Gasteiger partial charge in [0.1, 0.15) is 0 Å². The quantitative estimate of drug-likeness (QED) is 0.647. The molecule has 6 nitrogen and oxygen atoms in total. The van der Waals surface area contributed by atoms with Gasteiger partial charge < -0.3 is 5.32 Å². The summed E-state index contributed by atoms with van der Waals surface area (Å²) >= 11 is 0. The number of nitrogens with one attached hydrogen (secondary N) is 2. The fraction of sp³-hybridized carbons (Fsp3) is 0.333. The Labute approximate surface area is 130 Å². The van der Waals surface area contributed by atoms with E-state index in [1.807, 2.05) is 13.8 Å². The molecule has 1 unspecified atom stereocenters. The lowest BCUT2D eigenvalue weighted by Gasteiger charge is -2.20. The van der Waals surface area contributed by atoms with Crippen molar-refractivity contribution in [2.24, 2.45) is 4.99 Å². The van der Waals surface area contributed by atoms with Gasteiger partial charge in [0.25, 0.3) is 0 Å². The number of rotatable bonds is 4. The van der Waals surface area contributed by atoms with E-state index in [1.165, 1.54) is 0 Å². The molecular weight excluding hydrogens is 300 g/mol. The maximum atomic E-state index is 12.5. The predicted octanol–water partition coefficient (Wildman–Crippen LogP) is 1.46. The second-order valence-corrected chi connectivity index (χ2v) is 7.07. The monoisotopic (exact) mass is 318 g/mol. The van der Waals surface area contributed by atoms with Gasteiger partial charge in [-0.2, -0.15) is 5.26 Å². The van der Waals surface area contributed by atoms with E-state index in [4.69, 9.17) is 5.26 Å². The third-order valence-electron chi connectivity index (χ3n) is 3.29. The largest absolute Gasteiger partial charge is 0.328 e. The van der Waals surface area contributed by atoms with Crippen molar-refractivity contribution in [2.45, 2.75) is 31.2 Å². The molecule has 7 heteroatoms. The number of guanidine groups is 1. The van der Waals surface area contributed by atoms with E-state index in [-0.39, 0.29) is 22.6 Å². The van der Waals surface area contributed by atoms with Crippen LogP contribution in [0.25, 0.3) is 0 Å². The van der Waals surface area contributed by atoms with E-state index in [0.29, 0.717) is 5.70 Å². The number of hydrogen-bond acceptors (Lipinski definition) is 6. The second-order valence-electron chi connectivity index (χ2n) is 5.08. The van der Waals surface area contributed by atoms with Crippen molar-refractivity contribution < 1.29 is 8.42 Å². The Hall–Kier alpha value is -2.33. The lowest BCUT2D eigenvalue weighted by Crippen LogP contribution is -2.40. The summed E-state index contributed by atoms with van der Waals surface area (Å²) in [5, 5.41) is 14.0. The standard InChI is InChI=1S/C15H18N4O2S/c1-3-12-8-13(19-15(18-12)17-10-16)9-22(20,21)14-6-4-11(2)5-7-14/h4-8,12H,3,9H2,1-2H3,(H2,17,18,19). The van der Waals surface area contributed by atoms with Crippen LogP contribution >= 0.6 is 0 Å². The fourth-order valence-corrected chi connectivity index (χ4v) is 3.40. The molecule has 0 amide bonds. The highest BCUT2D eigenvalue weighted by Crippen LogP contribution is 2.16. The zero-order valence-electron chi connectivity index (χ0n) is 12.5. The van der Waals surface area contributed by atoms with E-state index in [2.05, 4.69) is 15.6 Å². The molecule has 1 aliphatic rings. The Bertz CT molecular complexity index is 743.